The quantitative estimate of drug-likeness (QED) is 0.396. The second-order valence-corrected chi connectivity index (χ2v) is 4.20. The molecule has 3 heteroatoms. The fourth-order valence-electron chi connectivity index (χ4n) is 1.03. The van der Waals surface area contributed by atoms with Gasteiger partial charge in [0.1, 0.15) is 0 Å². The molecule has 0 bridgehead atoms. The van der Waals surface area contributed by atoms with Crippen LogP contribution in [0.25, 0.3) is 10.6 Å². The van der Waals surface area contributed by atoms with Crippen LogP contribution in [0.3, 0.4) is 0 Å². The van der Waals surface area contributed by atoms with Crippen LogP contribution in [0.2, 0.25) is 0 Å². The second kappa shape index (κ2) is 22.0. The fraction of sp³-hybridized carbons (Fsp3) is 0.556. The topological polar surface area (TPSA) is 28.2 Å². The summed E-state index contributed by atoms with van der Waals surface area (Å²) in [5.74, 6) is 0. The van der Waals surface area contributed by atoms with Gasteiger partial charge in [0.05, 0.1) is 0 Å². The number of allylic oxidation sites excluding steroid dienone is 8. The number of rotatable bonds is 2. The van der Waals surface area contributed by atoms with Gasteiger partial charge >= 0.3 is 25.8 Å². The summed E-state index contributed by atoms with van der Waals surface area (Å²) in [6.07, 6.45) is 16.7. The molecule has 0 N–H and O–H groups in total. The van der Waals surface area contributed by atoms with Gasteiger partial charge in [-0.2, -0.15) is 39.3 Å². The van der Waals surface area contributed by atoms with Crippen LogP contribution in [0.15, 0.2) is 35.5 Å². The zero-order valence-corrected chi connectivity index (χ0v) is 18.1. The first-order valence-electron chi connectivity index (χ1n) is 7.21. The average Bonchev–Trinajstić information content (AvgIpc) is 3.13. The van der Waals surface area contributed by atoms with Crippen LogP contribution in [-0.2, 0) is 25.8 Å². The summed E-state index contributed by atoms with van der Waals surface area (Å²) in [6.45, 7) is 10.0. The number of hydrogen-bond donors (Lipinski definition) is 0. The predicted octanol–water partition coefficient (Wildman–Crippen LogP) is 5.41. The second-order valence-electron chi connectivity index (χ2n) is 4.20. The molecule has 0 aromatic heterocycles. The molecule has 0 radical (unpaired) electrons. The van der Waals surface area contributed by atoms with Crippen molar-refractivity contribution in [3.63, 3.8) is 0 Å². The van der Waals surface area contributed by atoms with Gasteiger partial charge in [0.2, 0.25) is 0 Å². The molecule has 0 aromatic rings. The van der Waals surface area contributed by atoms with Crippen molar-refractivity contribution in [3.05, 3.63) is 58.2 Å². The zero-order chi connectivity index (χ0) is 15.6. The van der Waals surface area contributed by atoms with Gasteiger partial charge in [0.25, 0.3) is 0 Å². The Hall–Kier alpha value is -0.250. The van der Waals surface area contributed by atoms with E-state index in [2.05, 4.69) is 60.9 Å². The Morgan fingerprint density at radius 3 is 1.19 bits per heavy atom. The maximum absolute atomic E-state index is 3.74. The molecule has 2 aliphatic carbocycles. The first kappa shape index (κ1) is 25.7. The molecule has 116 valence electrons. The molecule has 0 fully saturated rings. The van der Waals surface area contributed by atoms with Gasteiger partial charge in [-0.15, -0.1) is 12.8 Å². The van der Waals surface area contributed by atoms with Gasteiger partial charge in [0, 0.05) is 0 Å². The van der Waals surface area contributed by atoms with E-state index in [1.165, 1.54) is 11.1 Å². The van der Waals surface area contributed by atoms with Gasteiger partial charge in [0.15, 0.2) is 0 Å². The van der Waals surface area contributed by atoms with Gasteiger partial charge in [-0.05, 0) is 0 Å². The van der Waals surface area contributed by atoms with Crippen LogP contribution in [0.4, 0.5) is 0 Å². The third kappa shape index (κ3) is 25.1. The van der Waals surface area contributed by atoms with E-state index in [9.17, 15) is 0 Å². The molecule has 0 spiro atoms. The van der Waals surface area contributed by atoms with E-state index in [0.717, 1.165) is 25.9 Å². The van der Waals surface area contributed by atoms with Crippen LogP contribution in [0.5, 0.6) is 0 Å². The van der Waals surface area contributed by atoms with Gasteiger partial charge in [-0.25, -0.2) is 23.3 Å². The average molecular weight is 453 g/mol. The van der Waals surface area contributed by atoms with Gasteiger partial charge < -0.3 is 10.6 Å². The van der Waals surface area contributed by atoms with E-state index in [1.807, 2.05) is 13.8 Å². The Morgan fingerprint density at radius 1 is 0.857 bits per heavy atom. The standard InChI is InChI=1S/2C6H7.2C3H8N.Hf/c2*1-6-4-2-3-5-6;2*1-3-4-2;/h2*2,4H,3H2,1H3;2*3H2,1-2H3;/q4*-1;+4. The molecule has 0 aromatic carbocycles. The van der Waals surface area contributed by atoms with E-state index < -0.39 is 0 Å². The van der Waals surface area contributed by atoms with E-state index in [0.29, 0.717) is 0 Å². The van der Waals surface area contributed by atoms with Crippen molar-refractivity contribution in [2.24, 2.45) is 0 Å². The largest absolute Gasteiger partial charge is 4.00 e. The number of hydrogen-bond acceptors (Lipinski definition) is 0. The number of nitrogens with zero attached hydrogens (tertiary/aromatic N) is 2. The molecular weight excluding hydrogens is 423 g/mol. The Kier molecular flexibility index (Phi) is 27.0. The molecule has 0 unspecified atom stereocenters. The van der Waals surface area contributed by atoms with Crippen molar-refractivity contribution in [1.82, 2.24) is 0 Å². The first-order chi connectivity index (χ1) is 9.62. The molecule has 0 heterocycles. The molecule has 0 atom stereocenters. The molecule has 21 heavy (non-hydrogen) atoms. The Bertz CT molecular complexity index is 274. The van der Waals surface area contributed by atoms with Crippen molar-refractivity contribution in [2.45, 2.75) is 40.5 Å². The Labute approximate surface area is 151 Å². The summed E-state index contributed by atoms with van der Waals surface area (Å²) < 4.78 is 0. The minimum absolute atomic E-state index is 0. The molecule has 2 nitrogen and oxygen atoms in total. The zero-order valence-electron chi connectivity index (χ0n) is 14.5. The van der Waals surface area contributed by atoms with Crippen molar-refractivity contribution in [1.29, 1.82) is 0 Å². The molecule has 2 rings (SSSR count). The maximum Gasteiger partial charge on any atom is 4.00 e. The fourth-order valence-corrected chi connectivity index (χ4v) is 1.03. The monoisotopic (exact) mass is 454 g/mol. The molecule has 0 aliphatic heterocycles. The summed E-state index contributed by atoms with van der Waals surface area (Å²) in [6, 6.07) is 0. The van der Waals surface area contributed by atoms with Crippen molar-refractivity contribution in [3.8, 4) is 0 Å². The minimum atomic E-state index is 0. The molecule has 0 saturated heterocycles. The SMILES string of the molecule is CC1=[C-]CC=C1.CC1=[C-]CC=C1.CC[N-]C.CC[N-]C.[Hf+4]. The Morgan fingerprint density at radius 2 is 1.14 bits per heavy atom. The molecule has 0 amide bonds. The van der Waals surface area contributed by atoms with E-state index in [4.69, 9.17) is 0 Å². The van der Waals surface area contributed by atoms with Crippen LogP contribution in [0, 0.1) is 12.2 Å². The molecule has 2 aliphatic rings. The molecular formula is C18H30HfN2. The maximum atomic E-state index is 3.74. The predicted molar refractivity (Wildman–Crippen MR) is 92.0 cm³/mol. The van der Waals surface area contributed by atoms with Crippen molar-refractivity contribution < 1.29 is 25.8 Å². The van der Waals surface area contributed by atoms with E-state index in [-0.39, 0.29) is 25.8 Å². The summed E-state index contributed by atoms with van der Waals surface area (Å²) in [7, 11) is 3.61. The van der Waals surface area contributed by atoms with Crippen molar-refractivity contribution in [2.75, 3.05) is 27.2 Å². The van der Waals surface area contributed by atoms with E-state index >= 15 is 0 Å². The van der Waals surface area contributed by atoms with Crippen LogP contribution in [-0.4, -0.2) is 27.2 Å². The summed E-state index contributed by atoms with van der Waals surface area (Å²) in [5.41, 5.74) is 2.55. The van der Waals surface area contributed by atoms with Gasteiger partial charge in [-0.3, -0.25) is 12.2 Å². The summed E-state index contributed by atoms with van der Waals surface area (Å²) in [5, 5.41) is 7.47. The normalized spacial score (nSPS) is 13.4. The minimum Gasteiger partial charge on any atom is -0.665 e. The summed E-state index contributed by atoms with van der Waals surface area (Å²) >= 11 is 0. The van der Waals surface area contributed by atoms with E-state index in [1.54, 1.807) is 14.1 Å². The summed E-state index contributed by atoms with van der Waals surface area (Å²) in [4.78, 5) is 0. The third-order valence-electron chi connectivity index (χ3n) is 2.37. The molecule has 0 saturated carbocycles. The third-order valence-corrected chi connectivity index (χ3v) is 2.37. The smallest absolute Gasteiger partial charge is 0.665 e. The van der Waals surface area contributed by atoms with Crippen LogP contribution >= 0.6 is 0 Å². The van der Waals surface area contributed by atoms with Crippen LogP contribution < -0.4 is 0 Å². The van der Waals surface area contributed by atoms with Gasteiger partial charge in [-0.1, -0.05) is 27.7 Å². The van der Waals surface area contributed by atoms with Crippen LogP contribution in [0.1, 0.15) is 40.5 Å². The van der Waals surface area contributed by atoms with Crippen molar-refractivity contribution >= 4 is 0 Å². The first-order valence-corrected chi connectivity index (χ1v) is 7.21. The Balaban J connectivity index is -0.000000208.